The van der Waals surface area contributed by atoms with Gasteiger partial charge in [0.2, 0.25) is 0 Å². The standard InChI is InChI=1S/C15H12N2S/c1-2-4-12(5-3-1)11-18-15-14-7-8-16-10-13(14)6-9-17-15/h1-10H,11H2. The molecule has 2 nitrogen and oxygen atoms in total. The number of nitrogens with zero attached hydrogens (tertiary/aromatic N) is 2. The molecule has 0 aliphatic rings. The average Bonchev–Trinajstić information content (AvgIpc) is 2.46. The van der Waals surface area contributed by atoms with E-state index in [4.69, 9.17) is 0 Å². The summed E-state index contributed by atoms with van der Waals surface area (Å²) in [4.78, 5) is 8.59. The second-order valence-electron chi connectivity index (χ2n) is 3.99. The second-order valence-corrected chi connectivity index (χ2v) is 4.95. The molecule has 0 N–H and O–H groups in total. The second kappa shape index (κ2) is 5.19. The van der Waals surface area contributed by atoms with Crippen molar-refractivity contribution in [2.45, 2.75) is 10.8 Å². The van der Waals surface area contributed by atoms with Gasteiger partial charge in [-0.2, -0.15) is 0 Å². The molecule has 0 bridgehead atoms. The number of fused-ring (bicyclic) bond motifs is 1. The molecule has 0 spiro atoms. The first-order valence-electron chi connectivity index (χ1n) is 5.79. The van der Waals surface area contributed by atoms with Gasteiger partial charge in [-0.15, -0.1) is 11.8 Å². The van der Waals surface area contributed by atoms with Crippen LogP contribution in [0.25, 0.3) is 10.8 Å². The Labute approximate surface area is 110 Å². The van der Waals surface area contributed by atoms with Gasteiger partial charge in [-0.3, -0.25) is 4.98 Å². The summed E-state index contributed by atoms with van der Waals surface area (Å²) in [5, 5.41) is 3.38. The van der Waals surface area contributed by atoms with E-state index in [0.717, 1.165) is 16.2 Å². The Kier molecular flexibility index (Phi) is 3.24. The Hall–Kier alpha value is -1.87. The van der Waals surface area contributed by atoms with Crippen LogP contribution in [0.3, 0.4) is 0 Å². The molecule has 0 amide bonds. The van der Waals surface area contributed by atoms with E-state index in [1.165, 1.54) is 10.9 Å². The highest BCUT2D eigenvalue weighted by Gasteiger charge is 2.03. The SMILES string of the molecule is c1ccc(CSc2nccc3cnccc23)cc1. The van der Waals surface area contributed by atoms with Crippen LogP contribution in [0, 0.1) is 0 Å². The summed E-state index contributed by atoms with van der Waals surface area (Å²) in [6, 6.07) is 14.5. The van der Waals surface area contributed by atoms with Crippen molar-refractivity contribution in [3.05, 3.63) is 66.6 Å². The summed E-state index contributed by atoms with van der Waals surface area (Å²) in [6.07, 6.45) is 5.54. The lowest BCUT2D eigenvalue weighted by Crippen LogP contribution is -1.85. The van der Waals surface area contributed by atoms with Crippen LogP contribution >= 0.6 is 11.8 Å². The quantitative estimate of drug-likeness (QED) is 0.661. The molecule has 0 aliphatic heterocycles. The van der Waals surface area contributed by atoms with Gasteiger partial charge in [0.05, 0.1) is 0 Å². The van der Waals surface area contributed by atoms with E-state index >= 15 is 0 Å². The van der Waals surface area contributed by atoms with Gasteiger partial charge >= 0.3 is 0 Å². The number of hydrogen-bond donors (Lipinski definition) is 0. The van der Waals surface area contributed by atoms with Crippen molar-refractivity contribution in [3.8, 4) is 0 Å². The monoisotopic (exact) mass is 252 g/mol. The van der Waals surface area contributed by atoms with E-state index in [1.807, 2.05) is 36.8 Å². The van der Waals surface area contributed by atoms with Crippen LogP contribution in [0.4, 0.5) is 0 Å². The fraction of sp³-hybridized carbons (Fsp3) is 0.0667. The maximum Gasteiger partial charge on any atom is 0.104 e. The van der Waals surface area contributed by atoms with Gasteiger partial charge in [-0.25, -0.2) is 4.98 Å². The summed E-state index contributed by atoms with van der Waals surface area (Å²) >= 11 is 1.76. The highest BCUT2D eigenvalue weighted by atomic mass is 32.2. The number of pyridine rings is 2. The molecule has 88 valence electrons. The molecule has 0 atom stereocenters. The van der Waals surface area contributed by atoms with Gasteiger partial charge in [0.15, 0.2) is 0 Å². The third-order valence-corrected chi connectivity index (χ3v) is 3.82. The number of rotatable bonds is 3. The maximum atomic E-state index is 4.46. The molecule has 0 fully saturated rings. The molecule has 2 heterocycles. The first kappa shape index (κ1) is 11.2. The van der Waals surface area contributed by atoms with Gasteiger partial charge in [-0.05, 0) is 17.7 Å². The Morgan fingerprint density at radius 2 is 1.83 bits per heavy atom. The lowest BCUT2D eigenvalue weighted by molar-refractivity contribution is 1.16. The van der Waals surface area contributed by atoms with E-state index < -0.39 is 0 Å². The largest absolute Gasteiger partial charge is 0.264 e. The fourth-order valence-electron chi connectivity index (χ4n) is 1.83. The zero-order valence-electron chi connectivity index (χ0n) is 9.78. The van der Waals surface area contributed by atoms with Crippen LogP contribution in [-0.4, -0.2) is 9.97 Å². The topological polar surface area (TPSA) is 25.8 Å². The number of hydrogen-bond acceptors (Lipinski definition) is 3. The predicted molar refractivity (Wildman–Crippen MR) is 75.5 cm³/mol. The highest BCUT2D eigenvalue weighted by Crippen LogP contribution is 2.27. The highest BCUT2D eigenvalue weighted by molar-refractivity contribution is 7.98. The number of thioether (sulfide) groups is 1. The molecule has 0 saturated heterocycles. The summed E-state index contributed by atoms with van der Waals surface area (Å²) in [5.41, 5.74) is 1.32. The van der Waals surface area contributed by atoms with Crippen molar-refractivity contribution in [1.82, 2.24) is 9.97 Å². The van der Waals surface area contributed by atoms with E-state index in [9.17, 15) is 0 Å². The van der Waals surface area contributed by atoms with Gasteiger partial charge in [0.25, 0.3) is 0 Å². The summed E-state index contributed by atoms with van der Waals surface area (Å²) < 4.78 is 0. The molecule has 0 unspecified atom stereocenters. The Morgan fingerprint density at radius 3 is 2.72 bits per heavy atom. The third kappa shape index (κ3) is 2.36. The zero-order chi connectivity index (χ0) is 12.2. The van der Waals surface area contributed by atoms with Crippen LogP contribution in [0.5, 0.6) is 0 Å². The van der Waals surface area contributed by atoms with Gasteiger partial charge in [-0.1, -0.05) is 30.3 Å². The average molecular weight is 252 g/mol. The molecule has 0 aliphatic carbocycles. The smallest absolute Gasteiger partial charge is 0.104 e. The summed E-state index contributed by atoms with van der Waals surface area (Å²) in [5.74, 6) is 0.940. The van der Waals surface area contributed by atoms with Crippen LogP contribution < -0.4 is 0 Å². The normalized spacial score (nSPS) is 10.7. The molecular weight excluding hydrogens is 240 g/mol. The maximum absolute atomic E-state index is 4.46. The fourth-order valence-corrected chi connectivity index (χ4v) is 2.80. The molecule has 0 saturated carbocycles. The molecule has 3 aromatic rings. The van der Waals surface area contributed by atoms with E-state index in [-0.39, 0.29) is 0 Å². The summed E-state index contributed by atoms with van der Waals surface area (Å²) in [6.45, 7) is 0. The first-order chi connectivity index (χ1) is 8.93. The lowest BCUT2D eigenvalue weighted by atomic mass is 10.2. The summed E-state index contributed by atoms with van der Waals surface area (Å²) in [7, 11) is 0. The number of aromatic nitrogens is 2. The van der Waals surface area contributed by atoms with E-state index in [1.54, 1.807) is 11.8 Å². The van der Waals surface area contributed by atoms with Crippen LogP contribution in [0.15, 0.2) is 66.1 Å². The van der Waals surface area contributed by atoms with Crippen molar-refractivity contribution in [2.75, 3.05) is 0 Å². The van der Waals surface area contributed by atoms with Crippen molar-refractivity contribution < 1.29 is 0 Å². The molecule has 3 rings (SSSR count). The van der Waals surface area contributed by atoms with Gasteiger partial charge in [0, 0.05) is 35.1 Å². The van der Waals surface area contributed by atoms with Crippen LogP contribution in [0.1, 0.15) is 5.56 Å². The van der Waals surface area contributed by atoms with E-state index in [2.05, 4.69) is 34.2 Å². The van der Waals surface area contributed by atoms with Crippen molar-refractivity contribution >= 4 is 22.5 Å². The predicted octanol–water partition coefficient (Wildman–Crippen LogP) is 3.92. The van der Waals surface area contributed by atoms with Crippen LogP contribution in [-0.2, 0) is 5.75 Å². The molecule has 2 aromatic heterocycles. The van der Waals surface area contributed by atoms with E-state index in [0.29, 0.717) is 0 Å². The molecular formula is C15H12N2S. The minimum Gasteiger partial charge on any atom is -0.264 e. The molecule has 3 heteroatoms. The zero-order valence-corrected chi connectivity index (χ0v) is 10.6. The first-order valence-corrected chi connectivity index (χ1v) is 6.77. The Morgan fingerprint density at radius 1 is 0.944 bits per heavy atom. The Balaban J connectivity index is 1.87. The molecule has 0 radical (unpaired) electrons. The lowest BCUT2D eigenvalue weighted by Gasteiger charge is -2.04. The third-order valence-electron chi connectivity index (χ3n) is 2.75. The van der Waals surface area contributed by atoms with Gasteiger partial charge < -0.3 is 0 Å². The molecule has 18 heavy (non-hydrogen) atoms. The van der Waals surface area contributed by atoms with Crippen LogP contribution in [0.2, 0.25) is 0 Å². The Bertz CT molecular complexity index is 647. The van der Waals surface area contributed by atoms with Crippen molar-refractivity contribution in [1.29, 1.82) is 0 Å². The number of benzene rings is 1. The van der Waals surface area contributed by atoms with Crippen molar-refractivity contribution in [2.24, 2.45) is 0 Å². The minimum atomic E-state index is 0.940. The minimum absolute atomic E-state index is 0.940. The van der Waals surface area contributed by atoms with Gasteiger partial charge in [0.1, 0.15) is 5.03 Å². The molecule has 1 aromatic carbocycles. The van der Waals surface area contributed by atoms with Crippen molar-refractivity contribution in [3.63, 3.8) is 0 Å².